The van der Waals surface area contributed by atoms with Crippen LogP contribution in [-0.4, -0.2) is 28.3 Å². The maximum atomic E-state index is 11.0. The largest absolute Gasteiger partial charge is 0.393 e. The Morgan fingerprint density at radius 1 is 1.47 bits per heavy atom. The van der Waals surface area contributed by atoms with Gasteiger partial charge in [0.15, 0.2) is 0 Å². The second-order valence-corrected chi connectivity index (χ2v) is 4.62. The van der Waals surface area contributed by atoms with Gasteiger partial charge >= 0.3 is 0 Å². The van der Waals surface area contributed by atoms with Gasteiger partial charge in [-0.05, 0) is 25.5 Å². The molecule has 0 aliphatic carbocycles. The molecular formula is C12H18N4O3. The zero-order valence-electron chi connectivity index (χ0n) is 11.0. The Bertz CT molecular complexity index is 488. The molecule has 0 fully saturated rings. The Hall–Kier alpha value is -2.15. The number of carbonyl (C=O) groups excluding carboxylic acids is 1. The zero-order valence-corrected chi connectivity index (χ0v) is 11.0. The molecular weight excluding hydrogens is 248 g/mol. The van der Waals surface area contributed by atoms with Crippen molar-refractivity contribution < 1.29 is 9.72 Å². The second-order valence-electron chi connectivity index (χ2n) is 4.62. The SMILES string of the molecule is CC(C)N(CC(N)=O)Cc1ccc([N+](=O)[O-])c(N)c1. The van der Waals surface area contributed by atoms with Crippen LogP contribution >= 0.6 is 0 Å². The van der Waals surface area contributed by atoms with Gasteiger partial charge in [0, 0.05) is 18.7 Å². The standard InChI is InChI=1S/C12H18N4O3/c1-8(2)15(7-12(14)17)6-9-3-4-11(16(18)19)10(13)5-9/h3-5,8H,6-7,13H2,1-2H3,(H2,14,17). The summed E-state index contributed by atoms with van der Waals surface area (Å²) < 4.78 is 0. The van der Waals surface area contributed by atoms with Gasteiger partial charge in [-0.15, -0.1) is 0 Å². The molecule has 0 radical (unpaired) electrons. The van der Waals surface area contributed by atoms with Gasteiger partial charge in [-0.1, -0.05) is 6.07 Å². The zero-order chi connectivity index (χ0) is 14.6. The van der Waals surface area contributed by atoms with Crippen LogP contribution in [0.5, 0.6) is 0 Å². The van der Waals surface area contributed by atoms with Crippen molar-refractivity contribution in [3.05, 3.63) is 33.9 Å². The predicted octanol–water partition coefficient (Wildman–Crippen LogP) is 0.873. The number of nitrogen functional groups attached to an aromatic ring is 1. The molecule has 0 aromatic heterocycles. The van der Waals surface area contributed by atoms with E-state index in [1.54, 1.807) is 12.1 Å². The van der Waals surface area contributed by atoms with Crippen molar-refractivity contribution in [1.29, 1.82) is 0 Å². The van der Waals surface area contributed by atoms with Crippen LogP contribution in [0, 0.1) is 10.1 Å². The van der Waals surface area contributed by atoms with Crippen molar-refractivity contribution in [2.24, 2.45) is 5.73 Å². The van der Waals surface area contributed by atoms with E-state index in [2.05, 4.69) is 0 Å². The van der Waals surface area contributed by atoms with Gasteiger partial charge in [-0.3, -0.25) is 19.8 Å². The predicted molar refractivity (Wildman–Crippen MR) is 72.2 cm³/mol. The van der Waals surface area contributed by atoms with Crippen LogP contribution in [0.15, 0.2) is 18.2 Å². The number of anilines is 1. The minimum Gasteiger partial charge on any atom is -0.393 e. The number of nitro groups is 1. The summed E-state index contributed by atoms with van der Waals surface area (Å²) in [5.74, 6) is -0.413. The average Bonchev–Trinajstić information content (AvgIpc) is 2.26. The van der Waals surface area contributed by atoms with Gasteiger partial charge in [0.25, 0.3) is 5.69 Å². The van der Waals surface area contributed by atoms with E-state index in [-0.39, 0.29) is 24.0 Å². The first-order chi connectivity index (χ1) is 8.81. The fourth-order valence-electron chi connectivity index (χ4n) is 1.72. The normalized spacial score (nSPS) is 10.9. The molecule has 19 heavy (non-hydrogen) atoms. The quantitative estimate of drug-likeness (QED) is 0.450. The van der Waals surface area contributed by atoms with Gasteiger partial charge in [-0.25, -0.2) is 0 Å². The van der Waals surface area contributed by atoms with E-state index in [1.165, 1.54) is 6.07 Å². The minimum atomic E-state index is -0.525. The average molecular weight is 266 g/mol. The van der Waals surface area contributed by atoms with Crippen LogP contribution in [0.4, 0.5) is 11.4 Å². The molecule has 0 atom stereocenters. The molecule has 1 amide bonds. The molecule has 0 saturated carbocycles. The molecule has 0 aliphatic rings. The van der Waals surface area contributed by atoms with Crippen molar-refractivity contribution in [3.63, 3.8) is 0 Å². The Balaban J connectivity index is 2.88. The minimum absolute atomic E-state index is 0.116. The molecule has 104 valence electrons. The highest BCUT2D eigenvalue weighted by molar-refractivity contribution is 5.76. The molecule has 0 unspecified atom stereocenters. The van der Waals surface area contributed by atoms with Crippen molar-refractivity contribution in [3.8, 4) is 0 Å². The fourth-order valence-corrected chi connectivity index (χ4v) is 1.72. The van der Waals surface area contributed by atoms with Crippen molar-refractivity contribution in [2.45, 2.75) is 26.4 Å². The molecule has 0 saturated heterocycles. The van der Waals surface area contributed by atoms with Gasteiger partial charge in [0.05, 0.1) is 11.5 Å². The lowest BCUT2D eigenvalue weighted by Gasteiger charge is -2.25. The van der Waals surface area contributed by atoms with E-state index in [0.717, 1.165) is 5.56 Å². The maximum Gasteiger partial charge on any atom is 0.292 e. The highest BCUT2D eigenvalue weighted by atomic mass is 16.6. The molecule has 0 spiro atoms. The molecule has 1 aromatic carbocycles. The lowest BCUT2D eigenvalue weighted by Crippen LogP contribution is -2.37. The summed E-state index contributed by atoms with van der Waals surface area (Å²) in [5, 5.41) is 10.7. The second kappa shape index (κ2) is 6.14. The number of nitrogens with two attached hydrogens (primary N) is 2. The van der Waals surface area contributed by atoms with Crippen molar-refractivity contribution in [2.75, 3.05) is 12.3 Å². The molecule has 0 heterocycles. The van der Waals surface area contributed by atoms with Crippen molar-refractivity contribution >= 4 is 17.3 Å². The number of hydrogen-bond donors (Lipinski definition) is 2. The number of amides is 1. The fraction of sp³-hybridized carbons (Fsp3) is 0.417. The number of benzene rings is 1. The van der Waals surface area contributed by atoms with Gasteiger partial charge < -0.3 is 11.5 Å². The van der Waals surface area contributed by atoms with Crippen LogP contribution in [-0.2, 0) is 11.3 Å². The Morgan fingerprint density at radius 3 is 2.53 bits per heavy atom. The smallest absolute Gasteiger partial charge is 0.292 e. The van der Waals surface area contributed by atoms with Gasteiger partial charge in [-0.2, -0.15) is 0 Å². The number of carbonyl (C=O) groups is 1. The van der Waals surface area contributed by atoms with E-state index in [0.29, 0.717) is 6.54 Å². The van der Waals surface area contributed by atoms with Crippen LogP contribution in [0.2, 0.25) is 0 Å². The summed E-state index contributed by atoms with van der Waals surface area (Å²) in [5.41, 5.74) is 11.6. The number of nitro benzene ring substituents is 1. The molecule has 0 bridgehead atoms. The van der Waals surface area contributed by atoms with E-state index in [9.17, 15) is 14.9 Å². The first-order valence-corrected chi connectivity index (χ1v) is 5.86. The number of primary amides is 1. The first-order valence-electron chi connectivity index (χ1n) is 5.86. The number of hydrogen-bond acceptors (Lipinski definition) is 5. The third-order valence-electron chi connectivity index (χ3n) is 2.76. The summed E-state index contributed by atoms with van der Waals surface area (Å²) in [6.07, 6.45) is 0. The summed E-state index contributed by atoms with van der Waals surface area (Å²) in [4.78, 5) is 23.0. The maximum absolute atomic E-state index is 11.0. The molecule has 1 rings (SSSR count). The summed E-state index contributed by atoms with van der Waals surface area (Å²) in [7, 11) is 0. The molecule has 7 heteroatoms. The summed E-state index contributed by atoms with van der Waals surface area (Å²) >= 11 is 0. The topological polar surface area (TPSA) is 115 Å². The van der Waals surface area contributed by atoms with E-state index in [4.69, 9.17) is 11.5 Å². The van der Waals surface area contributed by atoms with Crippen LogP contribution in [0.3, 0.4) is 0 Å². The third-order valence-corrected chi connectivity index (χ3v) is 2.76. The Labute approximate surface area is 111 Å². The third kappa shape index (κ3) is 4.22. The molecule has 1 aromatic rings. The van der Waals surface area contributed by atoms with Crippen LogP contribution in [0.25, 0.3) is 0 Å². The Morgan fingerprint density at radius 2 is 2.11 bits per heavy atom. The monoisotopic (exact) mass is 266 g/mol. The molecule has 0 aliphatic heterocycles. The van der Waals surface area contributed by atoms with Crippen molar-refractivity contribution in [1.82, 2.24) is 4.90 Å². The van der Waals surface area contributed by atoms with E-state index < -0.39 is 10.8 Å². The van der Waals surface area contributed by atoms with E-state index >= 15 is 0 Å². The molecule has 4 N–H and O–H groups in total. The summed E-state index contributed by atoms with van der Waals surface area (Å²) in [6, 6.07) is 4.68. The van der Waals surface area contributed by atoms with Gasteiger partial charge in [0.2, 0.25) is 5.91 Å². The van der Waals surface area contributed by atoms with Crippen LogP contribution in [0.1, 0.15) is 19.4 Å². The highest BCUT2D eigenvalue weighted by Crippen LogP contribution is 2.23. The van der Waals surface area contributed by atoms with Crippen LogP contribution < -0.4 is 11.5 Å². The first kappa shape index (κ1) is 14.9. The lowest BCUT2D eigenvalue weighted by atomic mass is 10.1. The van der Waals surface area contributed by atoms with E-state index in [1.807, 2.05) is 18.7 Å². The number of rotatable bonds is 6. The van der Waals surface area contributed by atoms with Gasteiger partial charge in [0.1, 0.15) is 5.69 Å². The Kier molecular flexibility index (Phi) is 4.82. The highest BCUT2D eigenvalue weighted by Gasteiger charge is 2.15. The number of nitrogens with zero attached hydrogens (tertiary/aromatic N) is 2. The summed E-state index contributed by atoms with van der Waals surface area (Å²) in [6.45, 7) is 4.48. The lowest BCUT2D eigenvalue weighted by molar-refractivity contribution is -0.383. The molecule has 7 nitrogen and oxygen atoms in total.